The predicted molar refractivity (Wildman–Crippen MR) is 99.2 cm³/mol. The van der Waals surface area contributed by atoms with Crippen molar-refractivity contribution in [1.29, 1.82) is 0 Å². The lowest BCUT2D eigenvalue weighted by molar-refractivity contribution is -0.132. The average molecular weight is 333 g/mol. The third kappa shape index (κ3) is 3.97. The fraction of sp³-hybridized carbons (Fsp3) is 0.333. The first kappa shape index (κ1) is 16.0. The Labute approximate surface area is 148 Å². The van der Waals surface area contributed by atoms with Gasteiger partial charge in [0, 0.05) is 19.0 Å². The quantitative estimate of drug-likeness (QED) is 0.813. The van der Waals surface area contributed by atoms with E-state index in [0.717, 1.165) is 24.2 Å². The summed E-state index contributed by atoms with van der Waals surface area (Å²) >= 11 is 0. The van der Waals surface area contributed by atoms with Gasteiger partial charge in [0.1, 0.15) is 0 Å². The molecule has 0 N–H and O–H groups in total. The van der Waals surface area contributed by atoms with E-state index in [-0.39, 0.29) is 5.91 Å². The predicted octanol–water partition coefficient (Wildman–Crippen LogP) is 3.29. The second-order valence-corrected chi connectivity index (χ2v) is 6.80. The first-order valence-electron chi connectivity index (χ1n) is 9.01. The summed E-state index contributed by atoms with van der Waals surface area (Å²) in [6, 6.07) is 21.1. The summed E-state index contributed by atoms with van der Waals surface area (Å²) in [7, 11) is 0. The van der Waals surface area contributed by atoms with Crippen LogP contribution >= 0.6 is 0 Å². The summed E-state index contributed by atoms with van der Waals surface area (Å²) in [5.41, 5.74) is 3.38. The summed E-state index contributed by atoms with van der Waals surface area (Å²) in [6.45, 7) is 1.97. The van der Waals surface area contributed by atoms with Crippen LogP contribution in [0.2, 0.25) is 0 Å². The summed E-state index contributed by atoms with van der Waals surface area (Å²) in [5, 5.41) is 6.23. The maximum Gasteiger partial charge on any atom is 0.256 e. The van der Waals surface area contributed by atoms with Crippen LogP contribution in [0.25, 0.3) is 0 Å². The maximum absolute atomic E-state index is 12.7. The molecule has 1 fully saturated rings. The zero-order valence-electron chi connectivity index (χ0n) is 14.3. The molecule has 1 amide bonds. The van der Waals surface area contributed by atoms with Gasteiger partial charge in [0.05, 0.1) is 18.8 Å². The number of hydrogen-bond acceptors (Lipinski definition) is 3. The monoisotopic (exact) mass is 333 g/mol. The van der Waals surface area contributed by atoms with Crippen molar-refractivity contribution in [2.75, 3.05) is 13.1 Å². The summed E-state index contributed by atoms with van der Waals surface area (Å²) < 4.78 is 0. The second-order valence-electron chi connectivity index (χ2n) is 6.80. The van der Waals surface area contributed by atoms with Crippen LogP contribution < -0.4 is 0 Å². The van der Waals surface area contributed by atoms with Crippen molar-refractivity contribution in [2.45, 2.75) is 31.8 Å². The van der Waals surface area contributed by atoms with E-state index in [9.17, 15) is 4.79 Å². The zero-order chi connectivity index (χ0) is 17.1. The van der Waals surface area contributed by atoms with E-state index in [2.05, 4.69) is 46.4 Å². The molecule has 25 heavy (non-hydrogen) atoms. The minimum atomic E-state index is 0.105. The molecule has 0 atom stereocenters. The Bertz CT molecular complexity index is 753. The van der Waals surface area contributed by atoms with Gasteiger partial charge >= 0.3 is 0 Å². The van der Waals surface area contributed by atoms with Gasteiger partial charge in [-0.3, -0.25) is 9.69 Å². The largest absolute Gasteiger partial charge is 0.287 e. The van der Waals surface area contributed by atoms with Gasteiger partial charge in [-0.25, -0.2) is 5.01 Å². The van der Waals surface area contributed by atoms with Gasteiger partial charge in [-0.05, 0) is 24.0 Å². The number of carbonyl (C=O) groups is 1. The molecule has 2 aromatic rings. The molecule has 2 aromatic carbocycles. The molecule has 1 aliphatic heterocycles. The molecule has 0 bridgehead atoms. The summed E-state index contributed by atoms with van der Waals surface area (Å²) in [5.74, 6) is 0.105. The summed E-state index contributed by atoms with van der Waals surface area (Å²) in [4.78, 5) is 15.0. The molecule has 0 spiro atoms. The molecule has 4 heteroatoms. The van der Waals surface area contributed by atoms with E-state index in [1.54, 1.807) is 5.01 Å². The molecule has 0 radical (unpaired) electrons. The molecular formula is C21H23N3O. The van der Waals surface area contributed by atoms with Crippen LogP contribution in [0.5, 0.6) is 0 Å². The Morgan fingerprint density at radius 2 is 1.72 bits per heavy atom. The van der Waals surface area contributed by atoms with Crippen LogP contribution in [-0.4, -0.2) is 40.7 Å². The smallest absolute Gasteiger partial charge is 0.256 e. The number of hydrogen-bond donors (Lipinski definition) is 0. The van der Waals surface area contributed by atoms with Crippen molar-refractivity contribution < 1.29 is 4.79 Å². The van der Waals surface area contributed by atoms with Crippen molar-refractivity contribution in [3.05, 3.63) is 71.8 Å². The number of benzene rings is 2. The van der Waals surface area contributed by atoms with Gasteiger partial charge in [0.15, 0.2) is 0 Å². The van der Waals surface area contributed by atoms with Crippen molar-refractivity contribution in [3.8, 4) is 0 Å². The number of carbonyl (C=O) groups excluding carboxylic acids is 1. The summed E-state index contributed by atoms with van der Waals surface area (Å²) in [6.07, 6.45) is 3.22. The lowest BCUT2D eigenvalue weighted by atomic mass is 10.1. The number of nitrogens with zero attached hydrogens (tertiary/aromatic N) is 3. The Morgan fingerprint density at radius 3 is 2.40 bits per heavy atom. The SMILES string of the molecule is O=C(CN(Cc1ccccc1)C1CC1)N1CCC(c2ccccc2)=N1. The normalized spacial score (nSPS) is 17.0. The van der Waals surface area contributed by atoms with Gasteiger partial charge in [0.25, 0.3) is 5.91 Å². The molecule has 128 valence electrons. The van der Waals surface area contributed by atoms with E-state index in [1.165, 1.54) is 18.4 Å². The van der Waals surface area contributed by atoms with Crippen LogP contribution in [-0.2, 0) is 11.3 Å². The molecule has 0 saturated heterocycles. The lowest BCUT2D eigenvalue weighted by Crippen LogP contribution is -2.38. The highest BCUT2D eigenvalue weighted by molar-refractivity contribution is 6.02. The molecule has 4 nitrogen and oxygen atoms in total. The molecule has 0 unspecified atom stereocenters. The minimum Gasteiger partial charge on any atom is -0.287 e. The van der Waals surface area contributed by atoms with Gasteiger partial charge in [-0.2, -0.15) is 5.10 Å². The van der Waals surface area contributed by atoms with Gasteiger partial charge in [-0.15, -0.1) is 0 Å². The van der Waals surface area contributed by atoms with Crippen LogP contribution in [0, 0.1) is 0 Å². The van der Waals surface area contributed by atoms with E-state index in [0.29, 0.717) is 19.1 Å². The van der Waals surface area contributed by atoms with E-state index < -0.39 is 0 Å². The molecule has 4 rings (SSSR count). The third-order valence-corrected chi connectivity index (χ3v) is 4.83. The fourth-order valence-corrected chi connectivity index (χ4v) is 3.30. The Morgan fingerprint density at radius 1 is 1.04 bits per heavy atom. The van der Waals surface area contributed by atoms with E-state index in [1.807, 2.05) is 24.3 Å². The Kier molecular flexibility index (Phi) is 4.61. The first-order valence-corrected chi connectivity index (χ1v) is 9.01. The number of rotatable bonds is 6. The van der Waals surface area contributed by atoms with E-state index in [4.69, 9.17) is 0 Å². The van der Waals surface area contributed by atoms with Gasteiger partial charge in [0.2, 0.25) is 0 Å². The minimum absolute atomic E-state index is 0.105. The second kappa shape index (κ2) is 7.19. The Balaban J connectivity index is 1.41. The maximum atomic E-state index is 12.7. The molecule has 1 heterocycles. The average Bonchev–Trinajstić information content (AvgIpc) is 3.39. The first-order chi connectivity index (χ1) is 12.3. The molecule has 1 saturated carbocycles. The van der Waals surface area contributed by atoms with Gasteiger partial charge in [-0.1, -0.05) is 60.7 Å². The van der Waals surface area contributed by atoms with Crippen LogP contribution in [0.3, 0.4) is 0 Å². The van der Waals surface area contributed by atoms with Crippen LogP contribution in [0.1, 0.15) is 30.4 Å². The standard InChI is InChI=1S/C21H23N3O/c25-21(24-14-13-20(22-24)18-9-5-2-6-10-18)16-23(19-11-12-19)15-17-7-3-1-4-8-17/h1-10,19H,11-16H2. The molecule has 1 aliphatic carbocycles. The van der Waals surface area contributed by atoms with Crippen molar-refractivity contribution in [2.24, 2.45) is 5.10 Å². The van der Waals surface area contributed by atoms with Crippen LogP contribution in [0.15, 0.2) is 65.8 Å². The molecule has 0 aromatic heterocycles. The highest BCUT2D eigenvalue weighted by Crippen LogP contribution is 2.28. The zero-order valence-corrected chi connectivity index (χ0v) is 14.3. The number of hydrazone groups is 1. The Hall–Kier alpha value is -2.46. The van der Waals surface area contributed by atoms with E-state index >= 15 is 0 Å². The van der Waals surface area contributed by atoms with Crippen LogP contribution in [0.4, 0.5) is 0 Å². The third-order valence-electron chi connectivity index (χ3n) is 4.83. The lowest BCUT2D eigenvalue weighted by Gasteiger charge is -2.23. The highest BCUT2D eigenvalue weighted by Gasteiger charge is 2.32. The van der Waals surface area contributed by atoms with Crippen molar-refractivity contribution in [3.63, 3.8) is 0 Å². The fourth-order valence-electron chi connectivity index (χ4n) is 3.30. The van der Waals surface area contributed by atoms with Crippen molar-refractivity contribution >= 4 is 11.6 Å². The van der Waals surface area contributed by atoms with Crippen molar-refractivity contribution in [1.82, 2.24) is 9.91 Å². The topological polar surface area (TPSA) is 35.9 Å². The number of amides is 1. The molecule has 2 aliphatic rings. The highest BCUT2D eigenvalue weighted by atomic mass is 16.2. The molecular weight excluding hydrogens is 310 g/mol. The van der Waals surface area contributed by atoms with Gasteiger partial charge < -0.3 is 0 Å².